The lowest BCUT2D eigenvalue weighted by Gasteiger charge is -2.07. The standard InChI is InChI=1S/C18H30O2/c1-2-3-4-5-6-7-8-9-10-11-13-16-17(19)14-12-15-18(16)20/h12,14-15,19-20H,2-11,13H2,1H3. The Kier molecular flexibility index (Phi) is 8.93. The predicted octanol–water partition coefficient (Wildman–Crippen LogP) is 5.56. The molecule has 0 radical (unpaired) electrons. The molecule has 0 heterocycles. The lowest BCUT2D eigenvalue weighted by Crippen LogP contribution is -1.88. The number of benzene rings is 1. The zero-order valence-corrected chi connectivity index (χ0v) is 12.9. The van der Waals surface area contributed by atoms with Crippen molar-refractivity contribution in [1.29, 1.82) is 0 Å². The Hall–Kier alpha value is -1.18. The molecular weight excluding hydrogens is 248 g/mol. The molecule has 0 unspecified atom stereocenters. The quantitative estimate of drug-likeness (QED) is 0.520. The highest BCUT2D eigenvalue weighted by atomic mass is 16.3. The van der Waals surface area contributed by atoms with Gasteiger partial charge in [-0.3, -0.25) is 0 Å². The molecule has 0 atom stereocenters. The SMILES string of the molecule is CCCCCCCCCCCCc1c(O)cccc1O. The number of phenols is 2. The minimum absolute atomic E-state index is 0.223. The summed E-state index contributed by atoms with van der Waals surface area (Å²) in [6.45, 7) is 2.25. The summed E-state index contributed by atoms with van der Waals surface area (Å²) in [5, 5.41) is 19.3. The third-order valence-electron chi connectivity index (χ3n) is 3.91. The number of hydrogen-bond donors (Lipinski definition) is 2. The fourth-order valence-electron chi connectivity index (χ4n) is 2.61. The van der Waals surface area contributed by atoms with Crippen molar-refractivity contribution in [2.24, 2.45) is 0 Å². The first kappa shape index (κ1) is 16.9. The Morgan fingerprint density at radius 2 is 1.15 bits per heavy atom. The second kappa shape index (κ2) is 10.6. The lowest BCUT2D eigenvalue weighted by atomic mass is 10.0. The molecule has 0 aliphatic heterocycles. The van der Waals surface area contributed by atoms with E-state index >= 15 is 0 Å². The normalized spacial score (nSPS) is 10.8. The van der Waals surface area contributed by atoms with Gasteiger partial charge in [0, 0.05) is 5.56 Å². The van der Waals surface area contributed by atoms with Gasteiger partial charge in [-0.15, -0.1) is 0 Å². The van der Waals surface area contributed by atoms with E-state index in [0.717, 1.165) is 12.8 Å². The first-order valence-electron chi connectivity index (χ1n) is 8.25. The van der Waals surface area contributed by atoms with Crippen LogP contribution in [0.4, 0.5) is 0 Å². The topological polar surface area (TPSA) is 40.5 Å². The summed E-state index contributed by atoms with van der Waals surface area (Å²) < 4.78 is 0. The summed E-state index contributed by atoms with van der Waals surface area (Å²) in [6.07, 6.45) is 13.8. The molecule has 2 heteroatoms. The van der Waals surface area contributed by atoms with Gasteiger partial charge in [0.15, 0.2) is 0 Å². The highest BCUT2D eigenvalue weighted by Crippen LogP contribution is 2.28. The van der Waals surface area contributed by atoms with E-state index in [9.17, 15) is 10.2 Å². The second-order valence-electron chi connectivity index (χ2n) is 5.71. The summed E-state index contributed by atoms with van der Waals surface area (Å²) in [6, 6.07) is 4.96. The van der Waals surface area contributed by atoms with Crippen molar-refractivity contribution < 1.29 is 10.2 Å². The van der Waals surface area contributed by atoms with Gasteiger partial charge >= 0.3 is 0 Å². The average Bonchev–Trinajstić information content (AvgIpc) is 2.43. The van der Waals surface area contributed by atoms with Gasteiger partial charge in [0.05, 0.1) is 0 Å². The smallest absolute Gasteiger partial charge is 0.122 e. The van der Waals surface area contributed by atoms with Crippen LogP contribution in [0.3, 0.4) is 0 Å². The Bertz CT molecular complexity index is 340. The van der Waals surface area contributed by atoms with Gasteiger partial charge in [-0.2, -0.15) is 0 Å². The molecule has 0 fully saturated rings. The number of hydrogen-bond acceptors (Lipinski definition) is 2. The minimum atomic E-state index is 0.223. The van der Waals surface area contributed by atoms with Crippen molar-refractivity contribution in [1.82, 2.24) is 0 Å². The highest BCUT2D eigenvalue weighted by molar-refractivity contribution is 5.42. The van der Waals surface area contributed by atoms with E-state index in [2.05, 4.69) is 6.92 Å². The molecule has 2 N–H and O–H groups in total. The first-order valence-corrected chi connectivity index (χ1v) is 8.25. The van der Waals surface area contributed by atoms with Gasteiger partial charge < -0.3 is 10.2 Å². The van der Waals surface area contributed by atoms with Crippen LogP contribution in [-0.2, 0) is 6.42 Å². The molecule has 20 heavy (non-hydrogen) atoms. The van der Waals surface area contributed by atoms with Gasteiger partial charge in [0.1, 0.15) is 11.5 Å². The third kappa shape index (κ3) is 6.83. The molecular formula is C18H30O2. The fraction of sp³-hybridized carbons (Fsp3) is 0.667. The molecule has 0 saturated heterocycles. The summed E-state index contributed by atoms with van der Waals surface area (Å²) in [4.78, 5) is 0. The van der Waals surface area contributed by atoms with Crippen LogP contribution in [0.25, 0.3) is 0 Å². The minimum Gasteiger partial charge on any atom is -0.508 e. The molecule has 0 aliphatic rings. The summed E-state index contributed by atoms with van der Waals surface area (Å²) in [5.74, 6) is 0.446. The number of unbranched alkanes of at least 4 members (excludes halogenated alkanes) is 9. The maximum atomic E-state index is 9.67. The van der Waals surface area contributed by atoms with Crippen molar-refractivity contribution in [2.45, 2.75) is 77.6 Å². The van der Waals surface area contributed by atoms with Crippen molar-refractivity contribution in [2.75, 3.05) is 0 Å². The van der Waals surface area contributed by atoms with Crippen LogP contribution in [0.5, 0.6) is 11.5 Å². The van der Waals surface area contributed by atoms with Crippen LogP contribution in [0.1, 0.15) is 76.7 Å². The van der Waals surface area contributed by atoms with Crippen LogP contribution in [-0.4, -0.2) is 10.2 Å². The summed E-state index contributed by atoms with van der Waals surface area (Å²) >= 11 is 0. The lowest BCUT2D eigenvalue weighted by molar-refractivity contribution is 0.435. The van der Waals surface area contributed by atoms with E-state index in [-0.39, 0.29) is 11.5 Å². The number of aromatic hydroxyl groups is 2. The van der Waals surface area contributed by atoms with Gasteiger partial charge in [-0.1, -0.05) is 70.8 Å². The fourth-order valence-corrected chi connectivity index (χ4v) is 2.61. The Balaban J connectivity index is 2.00. The van der Waals surface area contributed by atoms with E-state index < -0.39 is 0 Å². The van der Waals surface area contributed by atoms with Crippen molar-refractivity contribution in [3.8, 4) is 11.5 Å². The molecule has 0 bridgehead atoms. The van der Waals surface area contributed by atoms with E-state index in [1.807, 2.05) is 0 Å². The largest absolute Gasteiger partial charge is 0.508 e. The Morgan fingerprint density at radius 1 is 0.700 bits per heavy atom. The molecule has 1 aromatic carbocycles. The van der Waals surface area contributed by atoms with E-state index in [0.29, 0.717) is 5.56 Å². The third-order valence-corrected chi connectivity index (χ3v) is 3.91. The van der Waals surface area contributed by atoms with Gasteiger partial charge in [0.25, 0.3) is 0 Å². The maximum absolute atomic E-state index is 9.67. The van der Waals surface area contributed by atoms with Crippen LogP contribution in [0.15, 0.2) is 18.2 Å². The number of rotatable bonds is 11. The van der Waals surface area contributed by atoms with Crippen molar-refractivity contribution in [3.63, 3.8) is 0 Å². The van der Waals surface area contributed by atoms with Crippen LogP contribution in [0.2, 0.25) is 0 Å². The van der Waals surface area contributed by atoms with Crippen LogP contribution >= 0.6 is 0 Å². The van der Waals surface area contributed by atoms with E-state index in [1.54, 1.807) is 18.2 Å². The maximum Gasteiger partial charge on any atom is 0.122 e. The average molecular weight is 278 g/mol. The molecule has 0 amide bonds. The van der Waals surface area contributed by atoms with Gasteiger partial charge in [-0.05, 0) is 25.0 Å². The monoisotopic (exact) mass is 278 g/mol. The Labute approximate surface area is 123 Å². The Morgan fingerprint density at radius 3 is 1.65 bits per heavy atom. The number of phenolic OH excluding ortho intramolecular Hbond substituents is 2. The van der Waals surface area contributed by atoms with Gasteiger partial charge in [-0.25, -0.2) is 0 Å². The summed E-state index contributed by atoms with van der Waals surface area (Å²) in [7, 11) is 0. The van der Waals surface area contributed by atoms with E-state index in [1.165, 1.54) is 57.8 Å². The summed E-state index contributed by atoms with van der Waals surface area (Å²) in [5.41, 5.74) is 0.701. The van der Waals surface area contributed by atoms with Crippen LogP contribution < -0.4 is 0 Å². The zero-order valence-electron chi connectivity index (χ0n) is 12.9. The molecule has 1 aromatic rings. The second-order valence-corrected chi connectivity index (χ2v) is 5.71. The van der Waals surface area contributed by atoms with Crippen molar-refractivity contribution in [3.05, 3.63) is 23.8 Å². The molecule has 114 valence electrons. The zero-order chi connectivity index (χ0) is 14.6. The first-order chi connectivity index (χ1) is 9.75. The molecule has 2 nitrogen and oxygen atoms in total. The molecule has 1 rings (SSSR count). The molecule has 0 aromatic heterocycles. The molecule has 0 aliphatic carbocycles. The molecule has 0 saturated carbocycles. The predicted molar refractivity (Wildman–Crippen MR) is 85.3 cm³/mol. The molecule has 0 spiro atoms. The van der Waals surface area contributed by atoms with E-state index in [4.69, 9.17) is 0 Å². The van der Waals surface area contributed by atoms with Crippen molar-refractivity contribution >= 4 is 0 Å². The highest BCUT2D eigenvalue weighted by Gasteiger charge is 2.05. The van der Waals surface area contributed by atoms with Crippen LogP contribution in [0, 0.1) is 0 Å². The van der Waals surface area contributed by atoms with Gasteiger partial charge in [0.2, 0.25) is 0 Å².